The summed E-state index contributed by atoms with van der Waals surface area (Å²) in [6.07, 6.45) is 1.72. The molecule has 1 atom stereocenters. The Morgan fingerprint density at radius 1 is 1.54 bits per heavy atom. The lowest BCUT2D eigenvalue weighted by Gasteiger charge is -2.16. The largest absolute Gasteiger partial charge is 0.392 e. The highest BCUT2D eigenvalue weighted by atomic mass is 32.1. The lowest BCUT2D eigenvalue weighted by molar-refractivity contribution is 0.239. The molecule has 0 fully saturated rings. The van der Waals surface area contributed by atoms with Gasteiger partial charge in [-0.2, -0.15) is 0 Å². The fourth-order valence-corrected chi connectivity index (χ4v) is 1.12. The predicted molar refractivity (Wildman–Crippen MR) is 57.7 cm³/mol. The third-order valence-electron chi connectivity index (χ3n) is 1.56. The first kappa shape index (κ1) is 12.2. The van der Waals surface area contributed by atoms with Crippen LogP contribution in [0.1, 0.15) is 26.7 Å². The minimum Gasteiger partial charge on any atom is -0.392 e. The second-order valence-electron chi connectivity index (χ2n) is 2.75. The Labute approximate surface area is 84.3 Å². The number of hydrogen-bond donors (Lipinski definition) is 3. The van der Waals surface area contributed by atoms with E-state index in [1.807, 2.05) is 13.8 Å². The first-order chi connectivity index (χ1) is 6.11. The SMILES string of the molecule is CCCC(NC(=O)NCC)C(N)=S. The van der Waals surface area contributed by atoms with Crippen molar-refractivity contribution in [3.8, 4) is 0 Å². The van der Waals surface area contributed by atoms with Crippen LogP contribution < -0.4 is 16.4 Å². The van der Waals surface area contributed by atoms with Crippen molar-refractivity contribution in [2.75, 3.05) is 6.54 Å². The number of nitrogens with one attached hydrogen (secondary N) is 2. The zero-order chi connectivity index (χ0) is 10.3. The van der Waals surface area contributed by atoms with Crippen molar-refractivity contribution in [1.82, 2.24) is 10.6 Å². The Morgan fingerprint density at radius 2 is 2.15 bits per heavy atom. The van der Waals surface area contributed by atoms with E-state index in [4.69, 9.17) is 18.0 Å². The number of thiocarbonyl (C=S) groups is 1. The van der Waals surface area contributed by atoms with E-state index in [1.165, 1.54) is 0 Å². The normalized spacial score (nSPS) is 11.8. The van der Waals surface area contributed by atoms with Crippen LogP contribution in [0, 0.1) is 0 Å². The summed E-state index contributed by atoms with van der Waals surface area (Å²) in [6.45, 7) is 4.47. The molecule has 0 heterocycles. The number of carbonyl (C=O) groups is 1. The van der Waals surface area contributed by atoms with Crippen LogP contribution in [0.15, 0.2) is 0 Å². The summed E-state index contributed by atoms with van der Waals surface area (Å²) in [5.41, 5.74) is 5.46. The molecule has 76 valence electrons. The average molecular weight is 203 g/mol. The molecular weight excluding hydrogens is 186 g/mol. The number of urea groups is 1. The predicted octanol–water partition coefficient (Wildman–Crippen LogP) is 0.760. The Hall–Kier alpha value is -0.840. The number of carbonyl (C=O) groups excluding carboxylic acids is 1. The molecule has 0 saturated heterocycles. The van der Waals surface area contributed by atoms with E-state index in [-0.39, 0.29) is 12.1 Å². The number of amides is 2. The summed E-state index contributed by atoms with van der Waals surface area (Å²) in [5.74, 6) is 0. The third kappa shape index (κ3) is 5.41. The van der Waals surface area contributed by atoms with Gasteiger partial charge in [0.1, 0.15) is 0 Å². The zero-order valence-corrected chi connectivity index (χ0v) is 8.91. The van der Waals surface area contributed by atoms with E-state index < -0.39 is 0 Å². The molecule has 2 amide bonds. The van der Waals surface area contributed by atoms with E-state index in [2.05, 4.69) is 10.6 Å². The van der Waals surface area contributed by atoms with Gasteiger partial charge in [0.05, 0.1) is 11.0 Å². The Kier molecular flexibility index (Phi) is 6.22. The monoisotopic (exact) mass is 203 g/mol. The number of nitrogens with two attached hydrogens (primary N) is 1. The summed E-state index contributed by atoms with van der Waals surface area (Å²) in [5, 5.41) is 5.33. The maximum atomic E-state index is 11.1. The molecule has 0 rings (SSSR count). The lowest BCUT2D eigenvalue weighted by Crippen LogP contribution is -2.47. The second-order valence-corrected chi connectivity index (χ2v) is 3.22. The van der Waals surface area contributed by atoms with Crippen molar-refractivity contribution in [3.63, 3.8) is 0 Å². The minimum atomic E-state index is -0.214. The first-order valence-corrected chi connectivity index (χ1v) is 4.86. The van der Waals surface area contributed by atoms with Crippen molar-refractivity contribution >= 4 is 23.2 Å². The van der Waals surface area contributed by atoms with Gasteiger partial charge in [0.2, 0.25) is 0 Å². The van der Waals surface area contributed by atoms with Gasteiger partial charge in [0.25, 0.3) is 0 Å². The van der Waals surface area contributed by atoms with Crippen molar-refractivity contribution in [3.05, 3.63) is 0 Å². The summed E-state index contributed by atoms with van der Waals surface area (Å²) >= 11 is 4.82. The number of rotatable bonds is 5. The van der Waals surface area contributed by atoms with Gasteiger partial charge in [-0.1, -0.05) is 25.6 Å². The minimum absolute atomic E-state index is 0.188. The van der Waals surface area contributed by atoms with Crippen molar-refractivity contribution in [2.45, 2.75) is 32.7 Å². The second kappa shape index (κ2) is 6.65. The van der Waals surface area contributed by atoms with Crippen LogP contribution in [0.2, 0.25) is 0 Å². The van der Waals surface area contributed by atoms with Crippen LogP contribution in [0.5, 0.6) is 0 Å². The van der Waals surface area contributed by atoms with Crippen LogP contribution >= 0.6 is 12.2 Å². The molecule has 0 aliphatic carbocycles. The quantitative estimate of drug-likeness (QED) is 0.578. The molecule has 4 N–H and O–H groups in total. The van der Waals surface area contributed by atoms with Crippen LogP contribution in [0.3, 0.4) is 0 Å². The lowest BCUT2D eigenvalue weighted by atomic mass is 10.2. The summed E-state index contributed by atoms with van der Waals surface area (Å²) in [6, 6.07) is -0.402. The molecule has 1 unspecified atom stereocenters. The highest BCUT2D eigenvalue weighted by Gasteiger charge is 2.12. The Bertz CT molecular complexity index is 184. The topological polar surface area (TPSA) is 67.2 Å². The van der Waals surface area contributed by atoms with E-state index >= 15 is 0 Å². The van der Waals surface area contributed by atoms with Crippen LogP contribution in [0.25, 0.3) is 0 Å². The maximum Gasteiger partial charge on any atom is 0.315 e. The van der Waals surface area contributed by atoms with Gasteiger partial charge in [-0.05, 0) is 13.3 Å². The molecule has 0 aliphatic rings. The Balaban J connectivity index is 3.94. The molecule has 0 saturated carbocycles. The van der Waals surface area contributed by atoms with Crippen LogP contribution in [-0.2, 0) is 0 Å². The van der Waals surface area contributed by atoms with Gasteiger partial charge in [-0.15, -0.1) is 0 Å². The highest BCUT2D eigenvalue weighted by Crippen LogP contribution is 1.96. The van der Waals surface area contributed by atoms with Gasteiger partial charge in [-0.25, -0.2) is 4.79 Å². The molecule has 0 aromatic rings. The molecular formula is C8H17N3OS. The molecule has 0 spiro atoms. The van der Waals surface area contributed by atoms with Gasteiger partial charge >= 0.3 is 6.03 Å². The summed E-state index contributed by atoms with van der Waals surface area (Å²) in [7, 11) is 0. The molecule has 0 aromatic heterocycles. The maximum absolute atomic E-state index is 11.1. The summed E-state index contributed by atoms with van der Waals surface area (Å²) in [4.78, 5) is 11.4. The van der Waals surface area contributed by atoms with Crippen molar-refractivity contribution in [2.24, 2.45) is 5.73 Å². The van der Waals surface area contributed by atoms with E-state index in [9.17, 15) is 4.79 Å². The van der Waals surface area contributed by atoms with E-state index in [0.29, 0.717) is 11.5 Å². The molecule has 0 aromatic carbocycles. The average Bonchev–Trinajstić information content (AvgIpc) is 2.04. The molecule has 13 heavy (non-hydrogen) atoms. The number of hydrogen-bond acceptors (Lipinski definition) is 2. The fraction of sp³-hybridized carbons (Fsp3) is 0.750. The van der Waals surface area contributed by atoms with Crippen LogP contribution in [0.4, 0.5) is 4.79 Å². The molecule has 4 nitrogen and oxygen atoms in total. The van der Waals surface area contributed by atoms with Gasteiger partial charge in [-0.3, -0.25) is 0 Å². The zero-order valence-electron chi connectivity index (χ0n) is 8.09. The molecule has 5 heteroatoms. The smallest absolute Gasteiger partial charge is 0.315 e. The van der Waals surface area contributed by atoms with Gasteiger partial charge in [0, 0.05) is 6.54 Å². The van der Waals surface area contributed by atoms with Crippen molar-refractivity contribution < 1.29 is 4.79 Å². The molecule has 0 radical (unpaired) electrons. The van der Waals surface area contributed by atoms with Crippen LogP contribution in [-0.4, -0.2) is 23.6 Å². The first-order valence-electron chi connectivity index (χ1n) is 4.45. The summed E-state index contributed by atoms with van der Waals surface area (Å²) < 4.78 is 0. The van der Waals surface area contributed by atoms with E-state index in [0.717, 1.165) is 12.8 Å². The Morgan fingerprint density at radius 3 is 2.54 bits per heavy atom. The fourth-order valence-electron chi connectivity index (χ4n) is 0.944. The van der Waals surface area contributed by atoms with Crippen molar-refractivity contribution in [1.29, 1.82) is 0 Å². The standard InChI is InChI=1S/C8H17N3OS/c1-3-5-6(7(9)13)11-8(12)10-4-2/h6H,3-5H2,1-2H3,(H2,9,13)(H2,10,11,12). The third-order valence-corrected chi connectivity index (χ3v) is 1.85. The molecule has 0 bridgehead atoms. The molecule has 0 aliphatic heterocycles. The highest BCUT2D eigenvalue weighted by molar-refractivity contribution is 7.80. The van der Waals surface area contributed by atoms with Gasteiger partial charge in [0.15, 0.2) is 0 Å². The van der Waals surface area contributed by atoms with E-state index in [1.54, 1.807) is 0 Å². The van der Waals surface area contributed by atoms with Gasteiger partial charge < -0.3 is 16.4 Å².